The molecule has 2 atom stereocenters. The lowest BCUT2D eigenvalue weighted by atomic mass is 9.86. The zero-order chi connectivity index (χ0) is 15.4. The van der Waals surface area contributed by atoms with Crippen molar-refractivity contribution in [3.63, 3.8) is 0 Å². The molecule has 22 heavy (non-hydrogen) atoms. The molecule has 0 aromatic heterocycles. The highest BCUT2D eigenvalue weighted by atomic mass is 32.2. The van der Waals surface area contributed by atoms with Crippen molar-refractivity contribution in [3.8, 4) is 0 Å². The summed E-state index contributed by atoms with van der Waals surface area (Å²) in [6.07, 6.45) is 8.42. The number of nitrogens with one attached hydrogen (secondary N) is 1. The van der Waals surface area contributed by atoms with Crippen LogP contribution in [-0.2, 0) is 14.8 Å². The van der Waals surface area contributed by atoms with Crippen molar-refractivity contribution in [2.45, 2.75) is 51.0 Å². The average molecular weight is 330 g/mol. The zero-order valence-corrected chi connectivity index (χ0v) is 14.3. The van der Waals surface area contributed by atoms with E-state index in [1.807, 2.05) is 0 Å². The smallest absolute Gasteiger partial charge is 0.211 e. The third kappa shape index (κ3) is 4.91. The van der Waals surface area contributed by atoms with Gasteiger partial charge >= 0.3 is 0 Å². The van der Waals surface area contributed by atoms with Crippen molar-refractivity contribution in [2.75, 3.05) is 38.6 Å². The minimum Gasteiger partial charge on any atom is -0.379 e. The SMILES string of the molecule is O=S(=O)(CCCN1CCOCC1)N[C@@H]1C[C@H]1C1CCCCC1. The van der Waals surface area contributed by atoms with E-state index in [1.54, 1.807) is 0 Å². The largest absolute Gasteiger partial charge is 0.379 e. The normalized spacial score (nSPS) is 31.3. The lowest BCUT2D eigenvalue weighted by molar-refractivity contribution is 0.0381. The number of nitrogens with zero attached hydrogens (tertiary/aromatic N) is 1. The van der Waals surface area contributed by atoms with Gasteiger partial charge in [-0.1, -0.05) is 32.1 Å². The second kappa shape index (κ2) is 7.60. The monoisotopic (exact) mass is 330 g/mol. The van der Waals surface area contributed by atoms with E-state index in [0.717, 1.165) is 51.6 Å². The molecule has 5 nitrogen and oxygen atoms in total. The summed E-state index contributed by atoms with van der Waals surface area (Å²) in [5.74, 6) is 1.65. The summed E-state index contributed by atoms with van der Waals surface area (Å²) in [6.45, 7) is 4.27. The maximum Gasteiger partial charge on any atom is 0.211 e. The molecule has 6 heteroatoms. The quantitative estimate of drug-likeness (QED) is 0.770. The van der Waals surface area contributed by atoms with Gasteiger partial charge in [-0.15, -0.1) is 0 Å². The Morgan fingerprint density at radius 3 is 2.55 bits per heavy atom. The van der Waals surface area contributed by atoms with Gasteiger partial charge in [0.2, 0.25) is 10.0 Å². The molecule has 1 aliphatic heterocycles. The Labute approximate surface area is 134 Å². The number of hydrogen-bond acceptors (Lipinski definition) is 4. The predicted molar refractivity (Wildman–Crippen MR) is 87.3 cm³/mol. The first-order valence-corrected chi connectivity index (χ1v) is 10.6. The molecule has 3 fully saturated rings. The molecule has 0 aromatic carbocycles. The van der Waals surface area contributed by atoms with Gasteiger partial charge in [-0.25, -0.2) is 13.1 Å². The van der Waals surface area contributed by atoms with Crippen LogP contribution in [0, 0.1) is 11.8 Å². The van der Waals surface area contributed by atoms with E-state index in [0.29, 0.717) is 5.92 Å². The Hall–Kier alpha value is -0.170. The van der Waals surface area contributed by atoms with E-state index < -0.39 is 10.0 Å². The number of rotatable bonds is 7. The summed E-state index contributed by atoms with van der Waals surface area (Å²) in [5.41, 5.74) is 0. The fourth-order valence-electron chi connectivity index (χ4n) is 4.03. The van der Waals surface area contributed by atoms with Gasteiger partial charge in [0.25, 0.3) is 0 Å². The molecule has 2 saturated carbocycles. The van der Waals surface area contributed by atoms with Crippen LogP contribution in [0.3, 0.4) is 0 Å². The van der Waals surface area contributed by atoms with Crippen molar-refractivity contribution < 1.29 is 13.2 Å². The third-order valence-corrected chi connectivity index (χ3v) is 6.91. The van der Waals surface area contributed by atoms with E-state index in [1.165, 1.54) is 32.1 Å². The molecule has 0 amide bonds. The molecule has 3 rings (SSSR count). The topological polar surface area (TPSA) is 58.6 Å². The van der Waals surface area contributed by atoms with E-state index in [4.69, 9.17) is 4.74 Å². The fourth-order valence-corrected chi connectivity index (χ4v) is 5.39. The van der Waals surface area contributed by atoms with Crippen molar-refractivity contribution >= 4 is 10.0 Å². The van der Waals surface area contributed by atoms with Gasteiger partial charge in [0.1, 0.15) is 0 Å². The van der Waals surface area contributed by atoms with Crippen LogP contribution >= 0.6 is 0 Å². The Bertz CT molecular complexity index is 442. The Balaban J connectivity index is 1.34. The highest BCUT2D eigenvalue weighted by Gasteiger charge is 2.44. The fraction of sp³-hybridized carbons (Fsp3) is 1.00. The first kappa shape index (κ1) is 16.7. The molecule has 0 aromatic rings. The van der Waals surface area contributed by atoms with Crippen LogP contribution in [0.4, 0.5) is 0 Å². The van der Waals surface area contributed by atoms with Crippen molar-refractivity contribution in [1.29, 1.82) is 0 Å². The summed E-state index contributed by atoms with van der Waals surface area (Å²) in [4.78, 5) is 2.29. The van der Waals surface area contributed by atoms with Crippen LogP contribution in [0.2, 0.25) is 0 Å². The molecule has 0 unspecified atom stereocenters. The van der Waals surface area contributed by atoms with E-state index in [-0.39, 0.29) is 11.8 Å². The molecule has 2 aliphatic carbocycles. The van der Waals surface area contributed by atoms with Gasteiger partial charge in [0, 0.05) is 19.1 Å². The minimum absolute atomic E-state index is 0.233. The van der Waals surface area contributed by atoms with Gasteiger partial charge in [-0.05, 0) is 31.2 Å². The highest BCUT2D eigenvalue weighted by molar-refractivity contribution is 7.89. The Morgan fingerprint density at radius 1 is 1.09 bits per heavy atom. The summed E-state index contributed by atoms with van der Waals surface area (Å²) >= 11 is 0. The number of morpholine rings is 1. The predicted octanol–water partition coefficient (Wildman–Crippen LogP) is 1.60. The van der Waals surface area contributed by atoms with Gasteiger partial charge in [-0.2, -0.15) is 0 Å². The molecule has 0 radical (unpaired) electrons. The highest BCUT2D eigenvalue weighted by Crippen LogP contribution is 2.44. The van der Waals surface area contributed by atoms with Crippen LogP contribution in [0.5, 0.6) is 0 Å². The second-order valence-corrected chi connectivity index (χ2v) is 9.02. The molecular weight excluding hydrogens is 300 g/mol. The molecule has 1 heterocycles. The summed E-state index contributed by atoms with van der Waals surface area (Å²) < 4.78 is 32.6. The molecule has 1 N–H and O–H groups in total. The van der Waals surface area contributed by atoms with Crippen LogP contribution < -0.4 is 4.72 Å². The third-order valence-electron chi connectivity index (χ3n) is 5.42. The molecule has 0 bridgehead atoms. The maximum atomic E-state index is 12.2. The van der Waals surface area contributed by atoms with Crippen LogP contribution in [0.15, 0.2) is 0 Å². The standard InChI is InChI=1S/C16H30N2O3S/c19-22(20,12-4-7-18-8-10-21-11-9-18)17-16-13-15(16)14-5-2-1-3-6-14/h14-17H,1-13H2/t15-,16+/m0/s1. The van der Waals surface area contributed by atoms with E-state index in [9.17, 15) is 8.42 Å². The number of hydrogen-bond donors (Lipinski definition) is 1. The first-order valence-electron chi connectivity index (χ1n) is 8.94. The van der Waals surface area contributed by atoms with Crippen molar-refractivity contribution in [1.82, 2.24) is 9.62 Å². The zero-order valence-electron chi connectivity index (χ0n) is 13.5. The number of ether oxygens (including phenoxy) is 1. The minimum atomic E-state index is -3.10. The summed E-state index contributed by atoms with van der Waals surface area (Å²) in [7, 11) is -3.10. The van der Waals surface area contributed by atoms with E-state index in [2.05, 4.69) is 9.62 Å². The lowest BCUT2D eigenvalue weighted by Crippen LogP contribution is -2.38. The van der Waals surface area contributed by atoms with Gasteiger partial charge < -0.3 is 4.74 Å². The van der Waals surface area contributed by atoms with Crippen LogP contribution in [0.1, 0.15) is 44.9 Å². The summed E-state index contributed by atoms with van der Waals surface area (Å²) in [5, 5.41) is 0. The number of sulfonamides is 1. The van der Waals surface area contributed by atoms with Gasteiger partial charge in [-0.3, -0.25) is 4.90 Å². The molecule has 0 spiro atoms. The van der Waals surface area contributed by atoms with Crippen LogP contribution in [0.25, 0.3) is 0 Å². The van der Waals surface area contributed by atoms with Crippen molar-refractivity contribution in [2.24, 2.45) is 11.8 Å². The van der Waals surface area contributed by atoms with Gasteiger partial charge in [0.05, 0.1) is 19.0 Å². The second-order valence-electron chi connectivity index (χ2n) is 7.15. The molecular formula is C16H30N2O3S. The van der Waals surface area contributed by atoms with Crippen molar-refractivity contribution in [3.05, 3.63) is 0 Å². The first-order chi connectivity index (χ1) is 10.6. The Morgan fingerprint density at radius 2 is 1.82 bits per heavy atom. The molecule has 128 valence electrons. The lowest BCUT2D eigenvalue weighted by Gasteiger charge is -2.26. The molecule has 1 saturated heterocycles. The Kier molecular flexibility index (Phi) is 5.76. The maximum absolute atomic E-state index is 12.2. The molecule has 3 aliphatic rings. The average Bonchev–Trinajstić information content (AvgIpc) is 3.27. The van der Waals surface area contributed by atoms with Gasteiger partial charge in [0.15, 0.2) is 0 Å². The van der Waals surface area contributed by atoms with E-state index >= 15 is 0 Å². The summed E-state index contributed by atoms with van der Waals surface area (Å²) in [6, 6.07) is 0.233. The van der Waals surface area contributed by atoms with Crippen LogP contribution in [-0.4, -0.2) is 58.0 Å².